The Morgan fingerprint density at radius 2 is 1.88 bits per heavy atom. The number of carbonyl (C=O) groups excluding carboxylic acids is 1. The minimum Gasteiger partial charge on any atom is -0.475 e. The van der Waals surface area contributed by atoms with Crippen molar-refractivity contribution in [1.82, 2.24) is 0 Å². The molecule has 0 aliphatic carbocycles. The molecule has 8 heavy (non-hydrogen) atoms. The molecular weight excluding hydrogens is 134 g/mol. The molecule has 0 aliphatic rings. The zero-order valence-electron chi connectivity index (χ0n) is 3.62. The molecule has 0 rings (SSSR count). The molecule has 0 amide bonds. The molecular formula is C2H3NO4S. The zero-order chi connectivity index (χ0) is 6.73. The second-order valence-electron chi connectivity index (χ2n) is 0.905. The van der Waals surface area contributed by atoms with Crippen LogP contribution in [0.5, 0.6) is 0 Å². The molecule has 0 aliphatic heterocycles. The molecule has 0 saturated heterocycles. The highest BCUT2D eigenvalue weighted by molar-refractivity contribution is 7.92. The van der Waals surface area contributed by atoms with Crippen LogP contribution in [0.25, 0.3) is 0 Å². The second kappa shape index (κ2) is 2.41. The van der Waals surface area contributed by atoms with E-state index in [2.05, 4.69) is 0 Å². The summed E-state index contributed by atoms with van der Waals surface area (Å²) in [6.07, 6.45) is 0. The van der Waals surface area contributed by atoms with Gasteiger partial charge >= 0.3 is 11.1 Å². The van der Waals surface area contributed by atoms with Crippen LogP contribution in [0, 0.1) is 4.78 Å². The molecule has 0 spiro atoms. The lowest BCUT2D eigenvalue weighted by atomic mass is 10.8. The molecule has 6 heteroatoms. The van der Waals surface area contributed by atoms with E-state index in [1.54, 1.807) is 0 Å². The maximum atomic E-state index is 9.77. The van der Waals surface area contributed by atoms with Gasteiger partial charge in [0.05, 0.1) is 0 Å². The van der Waals surface area contributed by atoms with Crippen LogP contribution in [0.4, 0.5) is 0 Å². The summed E-state index contributed by atoms with van der Waals surface area (Å²) in [5.41, 5.74) is 0. The quantitative estimate of drug-likeness (QED) is 0.290. The summed E-state index contributed by atoms with van der Waals surface area (Å²) in [6, 6.07) is 0. The molecule has 0 aromatic heterocycles. The monoisotopic (exact) mass is 137 g/mol. The van der Waals surface area contributed by atoms with Crippen LogP contribution in [0.2, 0.25) is 0 Å². The van der Waals surface area contributed by atoms with E-state index >= 15 is 0 Å². The lowest BCUT2D eigenvalue weighted by Gasteiger charge is -1.77. The Kier molecular flexibility index (Phi) is 2.14. The summed E-state index contributed by atoms with van der Waals surface area (Å²) >= 11 is 0. The first-order valence-corrected chi connectivity index (χ1v) is 2.77. The van der Waals surface area contributed by atoms with E-state index in [1.165, 1.54) is 0 Å². The van der Waals surface area contributed by atoms with Crippen LogP contribution in [-0.2, 0) is 20.2 Å². The summed E-state index contributed by atoms with van der Waals surface area (Å²) in [4.78, 5) is 19.3. The maximum absolute atomic E-state index is 9.77. The Labute approximate surface area is 46.3 Å². The minimum absolute atomic E-state index is 1.56. The fraction of sp³-hybridized carbons (Fsp3) is 0. The number of carbonyl (C=O) groups is 2. The Morgan fingerprint density at radius 1 is 1.50 bits per heavy atom. The number of carboxylic acid groups (broad SMARTS) is 1. The SMILES string of the molecule is N=[SH](=O)C(=O)C(=O)O. The van der Waals surface area contributed by atoms with Crippen molar-refractivity contribution >= 4 is 21.7 Å². The molecule has 2 N–H and O–H groups in total. The first kappa shape index (κ1) is 7.09. The maximum Gasteiger partial charge on any atom is 0.386 e. The third-order valence-electron chi connectivity index (χ3n) is 0.367. The first-order chi connectivity index (χ1) is 3.55. The summed E-state index contributed by atoms with van der Waals surface area (Å²) in [5.74, 6) is -1.82. The van der Waals surface area contributed by atoms with Gasteiger partial charge in [-0.15, -0.1) is 0 Å². The number of hydrogen-bond donors (Lipinski definition) is 3. The Bertz CT molecular complexity index is 184. The van der Waals surface area contributed by atoms with Crippen molar-refractivity contribution in [2.24, 2.45) is 0 Å². The lowest BCUT2D eigenvalue weighted by Crippen LogP contribution is -2.12. The van der Waals surface area contributed by atoms with Crippen molar-refractivity contribution in [3.63, 3.8) is 0 Å². The molecule has 5 nitrogen and oxygen atoms in total. The van der Waals surface area contributed by atoms with Crippen LogP contribution < -0.4 is 0 Å². The molecule has 0 saturated carbocycles. The predicted molar refractivity (Wildman–Crippen MR) is 24.9 cm³/mol. The highest BCUT2D eigenvalue weighted by atomic mass is 32.2. The van der Waals surface area contributed by atoms with Gasteiger partial charge in [-0.25, -0.2) is 13.8 Å². The van der Waals surface area contributed by atoms with Crippen molar-refractivity contribution in [1.29, 1.82) is 4.78 Å². The van der Waals surface area contributed by atoms with Crippen LogP contribution in [0.1, 0.15) is 0 Å². The number of hydrogen-bond acceptors (Lipinski definition) is 4. The number of aliphatic carboxylic acids is 1. The van der Waals surface area contributed by atoms with Crippen molar-refractivity contribution in [2.75, 3.05) is 0 Å². The van der Waals surface area contributed by atoms with Gasteiger partial charge in [0.15, 0.2) is 0 Å². The summed E-state index contributed by atoms with van der Waals surface area (Å²) in [7, 11) is -2.94. The standard InChI is InChI=1S/C2H3NO4S/c3-8(7)2(6)1(4)5/h3,8H,(H,4,5). The predicted octanol–water partition coefficient (Wildman–Crippen LogP) is -1.16. The molecule has 0 bridgehead atoms. The van der Waals surface area contributed by atoms with Gasteiger partial charge in [0.25, 0.3) is 0 Å². The Morgan fingerprint density at radius 3 is 1.88 bits per heavy atom. The smallest absolute Gasteiger partial charge is 0.386 e. The molecule has 0 aromatic rings. The summed E-state index contributed by atoms with van der Waals surface area (Å²) in [6.45, 7) is 0. The molecule has 1 atom stereocenters. The van der Waals surface area contributed by atoms with Crippen molar-refractivity contribution in [3.8, 4) is 0 Å². The molecule has 46 valence electrons. The van der Waals surface area contributed by atoms with Gasteiger partial charge in [0.1, 0.15) is 10.6 Å². The van der Waals surface area contributed by atoms with Crippen LogP contribution >= 0.6 is 0 Å². The van der Waals surface area contributed by atoms with E-state index in [9.17, 15) is 13.8 Å². The topological polar surface area (TPSA) is 95.3 Å². The van der Waals surface area contributed by atoms with Gasteiger partial charge in [0, 0.05) is 0 Å². The van der Waals surface area contributed by atoms with Gasteiger partial charge in [0.2, 0.25) is 0 Å². The largest absolute Gasteiger partial charge is 0.475 e. The second-order valence-corrected chi connectivity index (χ2v) is 1.90. The Hall–Kier alpha value is -0.910. The highest BCUT2D eigenvalue weighted by Crippen LogP contribution is 1.70. The van der Waals surface area contributed by atoms with Crippen molar-refractivity contribution < 1.29 is 18.9 Å². The van der Waals surface area contributed by atoms with E-state index in [4.69, 9.17) is 9.89 Å². The third kappa shape index (κ3) is 1.69. The van der Waals surface area contributed by atoms with Gasteiger partial charge in [-0.05, 0) is 0 Å². The molecule has 1 unspecified atom stereocenters. The van der Waals surface area contributed by atoms with Crippen LogP contribution in [0.15, 0.2) is 0 Å². The van der Waals surface area contributed by atoms with E-state index in [1.807, 2.05) is 0 Å². The third-order valence-corrected chi connectivity index (χ3v) is 0.928. The van der Waals surface area contributed by atoms with Crippen molar-refractivity contribution in [3.05, 3.63) is 0 Å². The lowest BCUT2D eigenvalue weighted by molar-refractivity contribution is -0.145. The number of nitrogens with one attached hydrogen (secondary N) is 1. The highest BCUT2D eigenvalue weighted by Gasteiger charge is 2.09. The van der Waals surface area contributed by atoms with E-state index in [0.717, 1.165) is 0 Å². The van der Waals surface area contributed by atoms with E-state index in [-0.39, 0.29) is 0 Å². The van der Waals surface area contributed by atoms with Gasteiger partial charge < -0.3 is 5.11 Å². The van der Waals surface area contributed by atoms with E-state index < -0.39 is 21.7 Å². The van der Waals surface area contributed by atoms with Crippen LogP contribution in [-0.4, -0.2) is 20.4 Å². The average molecular weight is 137 g/mol. The molecule has 0 heterocycles. The molecule has 0 aromatic carbocycles. The average Bonchev–Trinajstić information content (AvgIpc) is 1.64. The van der Waals surface area contributed by atoms with Gasteiger partial charge in [-0.2, -0.15) is 0 Å². The molecule has 0 fully saturated rings. The van der Waals surface area contributed by atoms with E-state index in [0.29, 0.717) is 0 Å². The Balaban J connectivity index is 4.28. The van der Waals surface area contributed by atoms with Gasteiger partial charge in [-0.3, -0.25) is 4.79 Å². The normalized spacial score (nSPS) is 12.5. The fourth-order valence-corrected chi connectivity index (χ4v) is 0.261. The first-order valence-electron chi connectivity index (χ1n) is 1.51. The number of rotatable bonds is 0. The fourth-order valence-electron chi connectivity index (χ4n) is 0.0869. The summed E-state index contributed by atoms with van der Waals surface area (Å²) < 4.78 is 15.8. The molecule has 0 radical (unpaired) electrons. The summed E-state index contributed by atoms with van der Waals surface area (Å²) in [5, 5.41) is 6.14. The number of thiol groups is 1. The van der Waals surface area contributed by atoms with Gasteiger partial charge in [-0.1, -0.05) is 0 Å². The van der Waals surface area contributed by atoms with Crippen LogP contribution in [0.3, 0.4) is 0 Å². The van der Waals surface area contributed by atoms with Crippen molar-refractivity contribution in [2.45, 2.75) is 0 Å². The zero-order valence-corrected chi connectivity index (χ0v) is 4.51. The number of carboxylic acids is 1. The minimum atomic E-state index is -2.94.